The van der Waals surface area contributed by atoms with Gasteiger partial charge in [-0.1, -0.05) is 23.7 Å². The van der Waals surface area contributed by atoms with Gasteiger partial charge in [0.1, 0.15) is 11.5 Å². The lowest BCUT2D eigenvalue weighted by Crippen LogP contribution is -2.38. The van der Waals surface area contributed by atoms with E-state index in [0.29, 0.717) is 0 Å². The summed E-state index contributed by atoms with van der Waals surface area (Å²) in [5, 5.41) is 17.2. The molecule has 0 aliphatic heterocycles. The van der Waals surface area contributed by atoms with E-state index >= 15 is 0 Å². The molecule has 9 nitrogen and oxygen atoms in total. The van der Waals surface area contributed by atoms with Crippen molar-refractivity contribution < 1.29 is 23.6 Å². The number of esters is 1. The molecule has 2 aromatic carbocycles. The summed E-state index contributed by atoms with van der Waals surface area (Å²) >= 11 is 5.84. The number of amides is 1. The second kappa shape index (κ2) is 9.42. The van der Waals surface area contributed by atoms with Gasteiger partial charge in [0.05, 0.1) is 17.1 Å². The average Bonchev–Trinajstić information content (AvgIpc) is 2.65. The fraction of sp³-hybridized carbons (Fsp3) is 0.118. The average molecular weight is 409 g/mol. The predicted octanol–water partition coefficient (Wildman–Crippen LogP) is 2.84. The van der Waals surface area contributed by atoms with Crippen LogP contribution in [0.5, 0.6) is 0 Å². The van der Waals surface area contributed by atoms with E-state index < -0.39 is 22.6 Å². The van der Waals surface area contributed by atoms with E-state index in [2.05, 4.69) is 20.6 Å². The van der Waals surface area contributed by atoms with Gasteiger partial charge in [-0.15, -0.1) is 0 Å². The zero-order valence-electron chi connectivity index (χ0n) is 14.4. The smallest absolute Gasteiger partial charge is 0.397 e. The summed E-state index contributed by atoms with van der Waals surface area (Å²) in [6.45, 7) is 1.47. The molecule has 0 bridgehead atoms. The lowest BCUT2D eigenvalue weighted by atomic mass is 10.2. The van der Waals surface area contributed by atoms with Gasteiger partial charge in [-0.3, -0.25) is 25.7 Å². The van der Waals surface area contributed by atoms with Crippen LogP contribution < -0.4 is 10.7 Å². The first-order valence-electron chi connectivity index (χ1n) is 7.84. The first-order valence-corrected chi connectivity index (χ1v) is 8.22. The van der Waals surface area contributed by atoms with Gasteiger partial charge >= 0.3 is 11.9 Å². The van der Waals surface area contributed by atoms with Crippen LogP contribution in [-0.2, 0) is 14.3 Å². The van der Waals surface area contributed by atoms with Gasteiger partial charge in [0, 0.05) is 11.1 Å². The summed E-state index contributed by atoms with van der Waals surface area (Å²) in [5.41, 5.74) is 1.76. The van der Waals surface area contributed by atoms with Crippen LogP contribution in [0.15, 0.2) is 47.6 Å². The first-order chi connectivity index (χ1) is 13.3. The number of hydrogen-bond donors (Lipinski definition) is 2. The molecular weight excluding hydrogens is 395 g/mol. The number of nitrogens with zero attached hydrogens (tertiary/aromatic N) is 2. The molecule has 0 saturated heterocycles. The van der Waals surface area contributed by atoms with Crippen LogP contribution in [0.4, 0.5) is 15.8 Å². The molecule has 146 valence electrons. The largest absolute Gasteiger partial charge is 0.459 e. The molecule has 0 spiro atoms. The second-order valence-corrected chi connectivity index (χ2v) is 5.58. The highest BCUT2D eigenvalue weighted by atomic mass is 35.5. The third-order valence-corrected chi connectivity index (χ3v) is 3.50. The minimum Gasteiger partial charge on any atom is -0.459 e. The zero-order chi connectivity index (χ0) is 20.7. The van der Waals surface area contributed by atoms with E-state index in [-0.39, 0.29) is 34.4 Å². The number of anilines is 1. The van der Waals surface area contributed by atoms with Crippen molar-refractivity contribution in [2.45, 2.75) is 6.92 Å². The van der Waals surface area contributed by atoms with Crippen molar-refractivity contribution in [3.63, 3.8) is 0 Å². The van der Waals surface area contributed by atoms with Crippen LogP contribution >= 0.6 is 11.6 Å². The summed E-state index contributed by atoms with van der Waals surface area (Å²) in [6.07, 6.45) is 0. The van der Waals surface area contributed by atoms with E-state index in [9.17, 15) is 24.1 Å². The Kier molecular flexibility index (Phi) is 6.99. The van der Waals surface area contributed by atoms with Crippen molar-refractivity contribution in [2.75, 3.05) is 12.0 Å². The highest BCUT2D eigenvalue weighted by Gasteiger charge is 2.20. The van der Waals surface area contributed by atoms with Crippen molar-refractivity contribution in [3.05, 3.63) is 69.0 Å². The number of amidine groups is 1. The number of nitro groups is 1. The summed E-state index contributed by atoms with van der Waals surface area (Å²) < 4.78 is 18.7. The standard InChI is InChI=1S/C17H14ClFN4O5/c1-2-28-17(25)16(24)20-15(11-5-3-4-6-12(11)19)22-21-13-9-10(18)7-8-14(13)23(26)27/h3-9,21H,2H2,1H3,(H,20,22,24). The molecule has 0 aromatic heterocycles. The SMILES string of the molecule is CCOC(=O)C(=O)N/C(=N/Nc1cc(Cl)ccc1[N+](=O)[O-])c1ccccc1F. The normalized spacial score (nSPS) is 10.9. The fourth-order valence-electron chi connectivity index (χ4n) is 2.04. The lowest BCUT2D eigenvalue weighted by Gasteiger charge is -2.10. The van der Waals surface area contributed by atoms with E-state index in [1.54, 1.807) is 0 Å². The van der Waals surface area contributed by atoms with Crippen molar-refractivity contribution >= 4 is 40.7 Å². The molecule has 0 atom stereocenters. The summed E-state index contributed by atoms with van der Waals surface area (Å²) in [6, 6.07) is 9.01. The van der Waals surface area contributed by atoms with Crippen LogP contribution in [-0.4, -0.2) is 29.2 Å². The van der Waals surface area contributed by atoms with Crippen LogP contribution in [0.3, 0.4) is 0 Å². The predicted molar refractivity (Wildman–Crippen MR) is 99.4 cm³/mol. The highest BCUT2D eigenvalue weighted by Crippen LogP contribution is 2.27. The lowest BCUT2D eigenvalue weighted by molar-refractivity contribution is -0.384. The van der Waals surface area contributed by atoms with Crippen molar-refractivity contribution in [1.82, 2.24) is 5.32 Å². The number of hydrazone groups is 1. The van der Waals surface area contributed by atoms with Gasteiger partial charge in [0.2, 0.25) is 0 Å². The Labute approximate surface area is 163 Å². The monoisotopic (exact) mass is 408 g/mol. The minimum atomic E-state index is -1.19. The molecule has 28 heavy (non-hydrogen) atoms. The van der Waals surface area contributed by atoms with Crippen molar-refractivity contribution in [1.29, 1.82) is 0 Å². The Morgan fingerprint density at radius 3 is 2.64 bits per heavy atom. The Morgan fingerprint density at radius 1 is 1.29 bits per heavy atom. The second-order valence-electron chi connectivity index (χ2n) is 5.15. The molecule has 2 aromatic rings. The molecule has 1 amide bonds. The maximum absolute atomic E-state index is 14.1. The number of carbonyl (C=O) groups is 2. The maximum atomic E-state index is 14.1. The number of nitrogens with one attached hydrogen (secondary N) is 2. The number of hydrogen-bond acceptors (Lipinski definition) is 7. The number of rotatable bonds is 5. The molecule has 0 radical (unpaired) electrons. The quantitative estimate of drug-likeness (QED) is 0.196. The van der Waals surface area contributed by atoms with Gasteiger partial charge in [-0.2, -0.15) is 5.10 Å². The molecule has 0 unspecified atom stereocenters. The zero-order valence-corrected chi connectivity index (χ0v) is 15.2. The Morgan fingerprint density at radius 2 is 2.00 bits per heavy atom. The molecule has 11 heteroatoms. The van der Waals surface area contributed by atoms with Gasteiger partial charge in [-0.05, 0) is 31.2 Å². The molecular formula is C17H14ClFN4O5. The van der Waals surface area contributed by atoms with Crippen LogP contribution in [0.2, 0.25) is 5.02 Å². The van der Waals surface area contributed by atoms with Crippen molar-refractivity contribution in [3.8, 4) is 0 Å². The van der Waals surface area contributed by atoms with E-state index in [1.807, 2.05) is 0 Å². The van der Waals surface area contributed by atoms with Gasteiger partial charge in [0.25, 0.3) is 5.69 Å². The molecule has 2 rings (SSSR count). The number of benzene rings is 2. The maximum Gasteiger partial charge on any atom is 0.397 e. The van der Waals surface area contributed by atoms with E-state index in [1.165, 1.54) is 37.3 Å². The highest BCUT2D eigenvalue weighted by molar-refractivity contribution is 6.36. The van der Waals surface area contributed by atoms with Crippen LogP contribution in [0, 0.1) is 15.9 Å². The summed E-state index contributed by atoms with van der Waals surface area (Å²) in [4.78, 5) is 33.9. The van der Waals surface area contributed by atoms with E-state index in [0.717, 1.165) is 12.1 Å². The topological polar surface area (TPSA) is 123 Å². The summed E-state index contributed by atoms with van der Waals surface area (Å²) in [7, 11) is 0. The number of carbonyl (C=O) groups excluding carboxylic acids is 2. The van der Waals surface area contributed by atoms with Crippen LogP contribution in [0.25, 0.3) is 0 Å². The van der Waals surface area contributed by atoms with E-state index in [4.69, 9.17) is 11.6 Å². The Bertz CT molecular complexity index is 951. The number of halogens is 2. The summed E-state index contributed by atoms with van der Waals surface area (Å²) in [5.74, 6) is -3.51. The molecule has 2 N–H and O–H groups in total. The molecule has 0 fully saturated rings. The molecule has 0 saturated carbocycles. The minimum absolute atomic E-state index is 0.0363. The number of nitro benzene ring substituents is 1. The first kappa shape index (κ1) is 20.8. The molecule has 0 heterocycles. The molecule has 0 aliphatic rings. The van der Waals surface area contributed by atoms with Crippen LogP contribution in [0.1, 0.15) is 12.5 Å². The van der Waals surface area contributed by atoms with Gasteiger partial charge < -0.3 is 4.74 Å². The van der Waals surface area contributed by atoms with Crippen molar-refractivity contribution in [2.24, 2.45) is 5.10 Å². The third kappa shape index (κ3) is 5.24. The Hall–Kier alpha value is -3.53. The Balaban J connectivity index is 2.41. The van der Waals surface area contributed by atoms with Gasteiger partial charge in [0.15, 0.2) is 5.84 Å². The number of ether oxygens (including phenoxy) is 1. The molecule has 0 aliphatic carbocycles. The third-order valence-electron chi connectivity index (χ3n) is 3.27. The fourth-order valence-corrected chi connectivity index (χ4v) is 2.21. The van der Waals surface area contributed by atoms with Gasteiger partial charge in [-0.25, -0.2) is 9.18 Å².